The Labute approximate surface area is 240 Å². The molecule has 0 atom stereocenters. The number of aromatic nitrogens is 2. The highest BCUT2D eigenvalue weighted by Gasteiger charge is 2.44. The molecule has 0 unspecified atom stereocenters. The molecule has 2 aliphatic heterocycles. The van der Waals surface area contributed by atoms with Gasteiger partial charge in [0.2, 0.25) is 16.0 Å². The highest BCUT2D eigenvalue weighted by molar-refractivity contribution is 7.93. The maximum absolute atomic E-state index is 13.7. The van der Waals surface area contributed by atoms with Crippen LogP contribution in [0.25, 0.3) is 0 Å². The van der Waals surface area contributed by atoms with E-state index in [1.165, 1.54) is 12.8 Å². The lowest BCUT2D eigenvalue weighted by Gasteiger charge is -2.35. The van der Waals surface area contributed by atoms with E-state index in [0.29, 0.717) is 52.7 Å². The number of sulfonamides is 1. The number of nitrogens with zero attached hydrogens (tertiary/aromatic N) is 4. The van der Waals surface area contributed by atoms with E-state index < -0.39 is 15.9 Å². The lowest BCUT2D eigenvalue weighted by molar-refractivity contribution is -0.0222. The Morgan fingerprint density at radius 3 is 2.24 bits per heavy atom. The third-order valence-electron chi connectivity index (χ3n) is 9.23. The number of rotatable bonds is 7. The number of alkyl halides is 2. The summed E-state index contributed by atoms with van der Waals surface area (Å²) in [6.07, 6.45) is 7.24. The van der Waals surface area contributed by atoms with E-state index in [1.807, 2.05) is 0 Å². The van der Waals surface area contributed by atoms with Crippen LogP contribution in [0.5, 0.6) is 0 Å². The average Bonchev–Trinajstić information content (AvgIpc) is 3.42. The van der Waals surface area contributed by atoms with Gasteiger partial charge >= 0.3 is 0 Å². The van der Waals surface area contributed by atoms with Crippen molar-refractivity contribution in [3.05, 3.63) is 35.5 Å². The van der Waals surface area contributed by atoms with Crippen LogP contribution in [0.15, 0.2) is 24.3 Å². The van der Waals surface area contributed by atoms with E-state index in [-0.39, 0.29) is 37.1 Å². The van der Waals surface area contributed by atoms with Gasteiger partial charge in [0.1, 0.15) is 5.82 Å². The topological polar surface area (TPSA) is 108 Å². The molecule has 6 rings (SSSR count). The Morgan fingerprint density at radius 2 is 1.59 bits per heavy atom. The Hall–Kier alpha value is -3.02. The molecule has 4 aliphatic rings. The van der Waals surface area contributed by atoms with Gasteiger partial charge in [-0.15, -0.1) is 0 Å². The third kappa shape index (κ3) is 6.27. The van der Waals surface area contributed by atoms with Crippen molar-refractivity contribution < 1.29 is 22.0 Å². The van der Waals surface area contributed by atoms with E-state index in [1.54, 1.807) is 36.1 Å². The van der Waals surface area contributed by atoms with E-state index >= 15 is 0 Å². The van der Waals surface area contributed by atoms with E-state index in [4.69, 9.17) is 0 Å². The minimum absolute atomic E-state index is 0.142. The summed E-state index contributed by atoms with van der Waals surface area (Å²) in [4.78, 5) is 26.5. The number of amides is 1. The smallest absolute Gasteiger partial charge is 0.258 e. The third-order valence-corrected chi connectivity index (χ3v) is 11.1. The normalized spacial score (nSPS) is 22.1. The standard InChI is InChI=1S/C29H38F2N6O3S/c1-20-18-25(34-27(32-20)37-16-12-29(30,31)13-17-37)33-26(38)23-7-6-21(35-41(39,40)22-4-2-3-5-22)19-24(23)36-14-10-28(8-9-28)11-15-36/h6-7,18-19,22,35H,2-5,8-17H2,1H3,(H,32,33,34,38). The molecule has 0 bridgehead atoms. The average molecular weight is 589 g/mol. The number of halogens is 2. The predicted molar refractivity (Wildman–Crippen MR) is 155 cm³/mol. The molecule has 2 N–H and O–H groups in total. The molecule has 2 saturated heterocycles. The van der Waals surface area contributed by atoms with Crippen molar-refractivity contribution in [2.75, 3.05) is 46.0 Å². The van der Waals surface area contributed by atoms with Crippen LogP contribution in [0.1, 0.15) is 80.3 Å². The van der Waals surface area contributed by atoms with Crippen molar-refractivity contribution in [1.82, 2.24) is 9.97 Å². The van der Waals surface area contributed by atoms with Crippen LogP contribution in [0, 0.1) is 12.3 Å². The van der Waals surface area contributed by atoms with Gasteiger partial charge in [0.15, 0.2) is 0 Å². The van der Waals surface area contributed by atoms with Crippen LogP contribution < -0.4 is 19.8 Å². The number of aryl methyl sites for hydroxylation is 1. The Morgan fingerprint density at radius 1 is 0.927 bits per heavy atom. The largest absolute Gasteiger partial charge is 0.371 e. The molecule has 1 aromatic carbocycles. The minimum atomic E-state index is -3.52. The molecular formula is C29H38F2N6O3S. The van der Waals surface area contributed by atoms with Crippen LogP contribution in [-0.4, -0.2) is 61.6 Å². The maximum atomic E-state index is 13.7. The quantitative estimate of drug-likeness (QED) is 0.450. The lowest BCUT2D eigenvalue weighted by Crippen LogP contribution is -2.40. The van der Waals surface area contributed by atoms with Gasteiger partial charge in [-0.1, -0.05) is 12.8 Å². The van der Waals surface area contributed by atoms with Gasteiger partial charge in [0.05, 0.1) is 22.2 Å². The highest BCUT2D eigenvalue weighted by Crippen LogP contribution is 2.54. The summed E-state index contributed by atoms with van der Waals surface area (Å²) < 4.78 is 56.2. The SMILES string of the molecule is Cc1cc(NC(=O)c2ccc(NS(=O)(=O)C3CCCC3)cc2N2CCC3(CC2)CC3)nc(N2CCC(F)(F)CC2)n1. The van der Waals surface area contributed by atoms with E-state index in [0.717, 1.165) is 38.8 Å². The molecule has 1 aromatic heterocycles. The molecule has 3 heterocycles. The number of benzene rings is 1. The van der Waals surface area contributed by atoms with Gasteiger partial charge in [0, 0.05) is 50.8 Å². The fourth-order valence-electron chi connectivity index (χ4n) is 6.37. The molecule has 0 radical (unpaired) electrons. The summed E-state index contributed by atoms with van der Waals surface area (Å²) in [7, 11) is -3.52. The number of nitrogens with one attached hydrogen (secondary N) is 2. The molecule has 9 nitrogen and oxygen atoms in total. The number of carbonyl (C=O) groups is 1. The summed E-state index contributed by atoms with van der Waals surface area (Å²) in [6, 6.07) is 6.74. The van der Waals surface area contributed by atoms with Gasteiger partial charge in [-0.25, -0.2) is 22.2 Å². The summed E-state index contributed by atoms with van der Waals surface area (Å²) in [5.74, 6) is -2.44. The van der Waals surface area contributed by atoms with Crippen LogP contribution in [0.4, 0.5) is 31.9 Å². The van der Waals surface area contributed by atoms with Gasteiger partial charge in [-0.3, -0.25) is 9.52 Å². The molecule has 41 heavy (non-hydrogen) atoms. The van der Waals surface area contributed by atoms with Crippen molar-refractivity contribution in [3.8, 4) is 0 Å². The zero-order chi connectivity index (χ0) is 28.8. The summed E-state index contributed by atoms with van der Waals surface area (Å²) in [5.41, 5.74) is 2.63. The molecular weight excluding hydrogens is 550 g/mol. The zero-order valence-corrected chi connectivity index (χ0v) is 24.3. The van der Waals surface area contributed by atoms with Crippen LogP contribution >= 0.6 is 0 Å². The molecule has 2 saturated carbocycles. The number of piperidine rings is 2. The predicted octanol–water partition coefficient (Wildman–Crippen LogP) is 5.34. The van der Waals surface area contributed by atoms with Crippen molar-refractivity contribution >= 4 is 39.1 Å². The molecule has 1 amide bonds. The van der Waals surface area contributed by atoms with Gasteiger partial charge in [-0.05, 0) is 69.1 Å². The Bertz CT molecular complexity index is 1410. The van der Waals surface area contributed by atoms with Crippen LogP contribution in [0.3, 0.4) is 0 Å². The fourth-order valence-corrected chi connectivity index (χ4v) is 7.95. The van der Waals surface area contributed by atoms with E-state index in [2.05, 4.69) is 24.9 Å². The second kappa shape index (κ2) is 10.7. The number of hydrogen-bond donors (Lipinski definition) is 2. The maximum Gasteiger partial charge on any atom is 0.258 e. The summed E-state index contributed by atoms with van der Waals surface area (Å²) in [6.45, 7) is 3.66. The fraction of sp³-hybridized carbons (Fsp3) is 0.621. The molecule has 1 spiro atoms. The second-order valence-corrected chi connectivity index (χ2v) is 14.2. The first-order chi connectivity index (χ1) is 19.5. The van der Waals surface area contributed by atoms with Crippen molar-refractivity contribution in [2.24, 2.45) is 5.41 Å². The Balaban J connectivity index is 1.24. The van der Waals surface area contributed by atoms with Crippen molar-refractivity contribution in [3.63, 3.8) is 0 Å². The molecule has 2 aliphatic carbocycles. The summed E-state index contributed by atoms with van der Waals surface area (Å²) >= 11 is 0. The zero-order valence-electron chi connectivity index (χ0n) is 23.5. The van der Waals surface area contributed by atoms with Crippen LogP contribution in [0.2, 0.25) is 0 Å². The summed E-state index contributed by atoms with van der Waals surface area (Å²) in [5, 5.41) is 2.50. The lowest BCUT2D eigenvalue weighted by atomic mass is 9.93. The van der Waals surface area contributed by atoms with Crippen LogP contribution in [-0.2, 0) is 10.0 Å². The second-order valence-electron chi connectivity index (χ2n) is 12.3. The van der Waals surface area contributed by atoms with Crippen molar-refractivity contribution in [2.45, 2.75) is 82.3 Å². The Kier molecular flexibility index (Phi) is 7.32. The molecule has 12 heteroatoms. The number of hydrogen-bond acceptors (Lipinski definition) is 7. The van der Waals surface area contributed by atoms with Gasteiger partial charge in [-0.2, -0.15) is 4.98 Å². The van der Waals surface area contributed by atoms with E-state index in [9.17, 15) is 22.0 Å². The van der Waals surface area contributed by atoms with Gasteiger partial charge in [0.25, 0.3) is 11.8 Å². The first kappa shape index (κ1) is 28.1. The molecule has 2 aromatic rings. The monoisotopic (exact) mass is 588 g/mol. The minimum Gasteiger partial charge on any atom is -0.371 e. The number of anilines is 4. The highest BCUT2D eigenvalue weighted by atomic mass is 32.2. The first-order valence-electron chi connectivity index (χ1n) is 14.7. The number of carbonyl (C=O) groups excluding carboxylic acids is 1. The first-order valence-corrected chi connectivity index (χ1v) is 16.3. The van der Waals surface area contributed by atoms with Gasteiger partial charge < -0.3 is 15.1 Å². The molecule has 222 valence electrons. The van der Waals surface area contributed by atoms with Crippen molar-refractivity contribution in [1.29, 1.82) is 0 Å². The molecule has 4 fully saturated rings.